The molecule has 1 unspecified atom stereocenters. The van der Waals surface area contributed by atoms with Crippen LogP contribution in [0.4, 0.5) is 0 Å². The molecule has 0 heterocycles. The molecule has 1 fully saturated rings. The van der Waals surface area contributed by atoms with Gasteiger partial charge in [0.05, 0.1) is 0 Å². The van der Waals surface area contributed by atoms with Gasteiger partial charge in [0.15, 0.2) is 5.78 Å². The monoisotopic (exact) mass is 210 g/mol. The molecule has 1 aliphatic rings. The molecule has 84 valence electrons. The number of hydrogen-bond acceptors (Lipinski definition) is 3. The smallest absolute Gasteiger partial charge is 0.307 e. The van der Waals surface area contributed by atoms with Crippen LogP contribution in [0.1, 0.15) is 46.5 Å². The lowest BCUT2D eigenvalue weighted by Crippen LogP contribution is -2.19. The molecular formula is C12H18O3. The molecule has 1 aliphatic carbocycles. The summed E-state index contributed by atoms with van der Waals surface area (Å²) in [5.74, 6) is 0.832. The SMILES string of the molecule is CCC1CCC(=O)C(=C(C)OC(C)=O)C1. The topological polar surface area (TPSA) is 43.4 Å². The van der Waals surface area contributed by atoms with Gasteiger partial charge < -0.3 is 4.74 Å². The second-order valence-corrected chi connectivity index (χ2v) is 4.07. The van der Waals surface area contributed by atoms with Gasteiger partial charge in [-0.25, -0.2) is 0 Å². The molecule has 0 aromatic rings. The van der Waals surface area contributed by atoms with E-state index in [2.05, 4.69) is 6.92 Å². The highest BCUT2D eigenvalue weighted by molar-refractivity contribution is 5.96. The molecule has 0 N–H and O–H groups in total. The van der Waals surface area contributed by atoms with Gasteiger partial charge in [-0.2, -0.15) is 0 Å². The van der Waals surface area contributed by atoms with Gasteiger partial charge in [-0.1, -0.05) is 13.3 Å². The van der Waals surface area contributed by atoms with Crippen LogP contribution in [0.5, 0.6) is 0 Å². The van der Waals surface area contributed by atoms with E-state index in [9.17, 15) is 9.59 Å². The Morgan fingerprint density at radius 1 is 1.47 bits per heavy atom. The van der Waals surface area contributed by atoms with Crippen molar-refractivity contribution in [1.82, 2.24) is 0 Å². The molecular weight excluding hydrogens is 192 g/mol. The first-order valence-corrected chi connectivity index (χ1v) is 5.46. The van der Waals surface area contributed by atoms with Crippen molar-refractivity contribution in [3.63, 3.8) is 0 Å². The minimum atomic E-state index is -0.355. The molecule has 0 amide bonds. The van der Waals surface area contributed by atoms with Crippen molar-refractivity contribution in [3.8, 4) is 0 Å². The second-order valence-electron chi connectivity index (χ2n) is 4.07. The van der Waals surface area contributed by atoms with Gasteiger partial charge in [0.25, 0.3) is 0 Å². The van der Waals surface area contributed by atoms with Crippen LogP contribution in [-0.4, -0.2) is 11.8 Å². The summed E-state index contributed by atoms with van der Waals surface area (Å²) in [5, 5.41) is 0. The van der Waals surface area contributed by atoms with E-state index in [4.69, 9.17) is 4.74 Å². The summed E-state index contributed by atoms with van der Waals surface area (Å²) in [6.07, 6.45) is 3.39. The number of ether oxygens (including phenoxy) is 1. The van der Waals surface area contributed by atoms with E-state index in [-0.39, 0.29) is 11.8 Å². The quantitative estimate of drug-likeness (QED) is 0.400. The predicted molar refractivity (Wildman–Crippen MR) is 57.1 cm³/mol. The summed E-state index contributed by atoms with van der Waals surface area (Å²) in [6.45, 7) is 5.18. The minimum Gasteiger partial charge on any atom is -0.431 e. The third kappa shape index (κ3) is 3.18. The van der Waals surface area contributed by atoms with Crippen molar-refractivity contribution in [2.75, 3.05) is 0 Å². The van der Waals surface area contributed by atoms with Crippen LogP contribution in [0.2, 0.25) is 0 Å². The molecule has 3 nitrogen and oxygen atoms in total. The van der Waals surface area contributed by atoms with Gasteiger partial charge in [-0.15, -0.1) is 0 Å². The average molecular weight is 210 g/mol. The van der Waals surface area contributed by atoms with Crippen LogP contribution in [0.25, 0.3) is 0 Å². The molecule has 0 aromatic heterocycles. The van der Waals surface area contributed by atoms with Crippen molar-refractivity contribution in [3.05, 3.63) is 11.3 Å². The number of ketones is 1. The normalized spacial score (nSPS) is 25.0. The minimum absolute atomic E-state index is 0.137. The van der Waals surface area contributed by atoms with Crippen molar-refractivity contribution in [1.29, 1.82) is 0 Å². The molecule has 0 saturated heterocycles. The lowest BCUT2D eigenvalue weighted by molar-refractivity contribution is -0.136. The molecule has 0 radical (unpaired) electrons. The summed E-state index contributed by atoms with van der Waals surface area (Å²) in [4.78, 5) is 22.4. The average Bonchev–Trinajstić information content (AvgIpc) is 2.17. The maximum atomic E-state index is 11.6. The molecule has 0 aromatic carbocycles. The summed E-state index contributed by atoms with van der Waals surface area (Å²) >= 11 is 0. The summed E-state index contributed by atoms with van der Waals surface area (Å²) in [6, 6.07) is 0. The van der Waals surface area contributed by atoms with Crippen molar-refractivity contribution >= 4 is 11.8 Å². The van der Waals surface area contributed by atoms with Gasteiger partial charge in [0.1, 0.15) is 5.76 Å². The van der Waals surface area contributed by atoms with Crippen LogP contribution in [-0.2, 0) is 14.3 Å². The Hall–Kier alpha value is -1.12. The third-order valence-corrected chi connectivity index (χ3v) is 2.91. The van der Waals surface area contributed by atoms with E-state index in [1.165, 1.54) is 6.92 Å². The van der Waals surface area contributed by atoms with E-state index >= 15 is 0 Å². The number of carbonyl (C=O) groups is 2. The van der Waals surface area contributed by atoms with Gasteiger partial charge in [0.2, 0.25) is 0 Å². The summed E-state index contributed by atoms with van der Waals surface area (Å²) < 4.78 is 4.97. The largest absolute Gasteiger partial charge is 0.431 e. The molecule has 1 rings (SSSR count). The zero-order chi connectivity index (χ0) is 11.4. The van der Waals surface area contributed by atoms with Gasteiger partial charge in [0, 0.05) is 18.9 Å². The highest BCUT2D eigenvalue weighted by atomic mass is 16.5. The number of carbonyl (C=O) groups excluding carboxylic acids is 2. The van der Waals surface area contributed by atoms with Crippen molar-refractivity contribution < 1.29 is 14.3 Å². The molecule has 0 spiro atoms. The maximum absolute atomic E-state index is 11.6. The molecule has 1 saturated carbocycles. The second kappa shape index (κ2) is 5.10. The van der Waals surface area contributed by atoms with Gasteiger partial charge in [-0.05, 0) is 25.7 Å². The number of Topliss-reactive ketones (excluding diaryl/α,β-unsaturated/α-hetero) is 1. The van der Waals surface area contributed by atoms with Crippen LogP contribution in [0.15, 0.2) is 11.3 Å². The fourth-order valence-electron chi connectivity index (χ4n) is 1.96. The molecule has 0 bridgehead atoms. The van der Waals surface area contributed by atoms with Crippen LogP contribution >= 0.6 is 0 Å². The predicted octanol–water partition coefficient (Wildman–Crippen LogP) is 2.60. The summed E-state index contributed by atoms with van der Waals surface area (Å²) in [5.41, 5.74) is 0.711. The van der Waals surface area contributed by atoms with Gasteiger partial charge in [-0.3, -0.25) is 9.59 Å². The Kier molecular flexibility index (Phi) is 4.06. The lowest BCUT2D eigenvalue weighted by atomic mass is 9.83. The van der Waals surface area contributed by atoms with Crippen LogP contribution in [0, 0.1) is 5.92 Å². The number of rotatable bonds is 2. The Morgan fingerprint density at radius 2 is 2.13 bits per heavy atom. The first-order valence-electron chi connectivity index (χ1n) is 5.46. The van der Waals surface area contributed by atoms with Crippen LogP contribution in [0.3, 0.4) is 0 Å². The third-order valence-electron chi connectivity index (χ3n) is 2.91. The zero-order valence-electron chi connectivity index (χ0n) is 9.63. The first-order chi connectivity index (χ1) is 7.04. The molecule has 0 aliphatic heterocycles. The highest BCUT2D eigenvalue weighted by Gasteiger charge is 2.24. The summed E-state index contributed by atoms with van der Waals surface area (Å²) in [7, 11) is 0. The number of allylic oxidation sites excluding steroid dienone is 2. The highest BCUT2D eigenvalue weighted by Crippen LogP contribution is 2.30. The first kappa shape index (κ1) is 12.0. The zero-order valence-corrected chi connectivity index (χ0v) is 9.63. The fourth-order valence-corrected chi connectivity index (χ4v) is 1.96. The standard InChI is InChI=1S/C12H18O3/c1-4-10-5-6-12(14)11(7-10)8(2)15-9(3)13/h10H,4-7H2,1-3H3. The Bertz CT molecular complexity index is 302. The Morgan fingerprint density at radius 3 is 2.67 bits per heavy atom. The van der Waals surface area contributed by atoms with Crippen molar-refractivity contribution in [2.24, 2.45) is 5.92 Å². The van der Waals surface area contributed by atoms with E-state index in [1.807, 2.05) is 0 Å². The Labute approximate surface area is 90.5 Å². The van der Waals surface area contributed by atoms with Gasteiger partial charge >= 0.3 is 5.97 Å². The number of esters is 1. The fraction of sp³-hybridized carbons (Fsp3) is 0.667. The van der Waals surface area contributed by atoms with E-state index in [0.717, 1.165) is 19.3 Å². The van der Waals surface area contributed by atoms with Crippen molar-refractivity contribution in [2.45, 2.75) is 46.5 Å². The van der Waals surface area contributed by atoms with Crippen LogP contribution < -0.4 is 0 Å². The van der Waals surface area contributed by atoms with E-state index in [0.29, 0.717) is 23.7 Å². The van der Waals surface area contributed by atoms with E-state index < -0.39 is 0 Å². The molecule has 15 heavy (non-hydrogen) atoms. The molecule has 1 atom stereocenters. The van der Waals surface area contributed by atoms with E-state index in [1.54, 1.807) is 6.92 Å². The lowest BCUT2D eigenvalue weighted by Gasteiger charge is -2.23. The molecule has 3 heteroatoms. The number of hydrogen-bond donors (Lipinski definition) is 0. The Balaban J connectivity index is 2.80. The maximum Gasteiger partial charge on any atom is 0.307 e.